The number of esters is 1. The maximum absolute atomic E-state index is 11.7. The van der Waals surface area contributed by atoms with Gasteiger partial charge in [0, 0.05) is 6.54 Å². The van der Waals surface area contributed by atoms with Gasteiger partial charge in [-0.1, -0.05) is 0 Å². The normalized spacial score (nSPS) is 12.0. The summed E-state index contributed by atoms with van der Waals surface area (Å²) in [5.41, 5.74) is 15.4. The van der Waals surface area contributed by atoms with Gasteiger partial charge in [-0.2, -0.15) is 0 Å². The summed E-state index contributed by atoms with van der Waals surface area (Å²) < 4.78 is 5.03. The molecule has 1 atom stereocenters. The number of rotatable bonds is 9. The fraction of sp³-hybridized carbons (Fsp3) is 0.714. The molecule has 0 fully saturated rings. The summed E-state index contributed by atoms with van der Waals surface area (Å²) in [6.07, 6.45) is 0.916. The van der Waals surface area contributed by atoms with Crippen molar-refractivity contribution in [1.82, 2.24) is 10.6 Å². The first-order valence-electron chi connectivity index (χ1n) is 7.58. The van der Waals surface area contributed by atoms with Gasteiger partial charge in [0.25, 0.3) is 0 Å². The van der Waals surface area contributed by atoms with E-state index < -0.39 is 29.4 Å². The minimum Gasteiger partial charge on any atom is -0.459 e. The molecule has 0 spiro atoms. The van der Waals surface area contributed by atoms with E-state index in [1.165, 1.54) is 0 Å². The highest BCUT2D eigenvalue weighted by molar-refractivity contribution is 5.88. The minimum absolute atomic E-state index is 0.0188. The summed E-state index contributed by atoms with van der Waals surface area (Å²) >= 11 is 0. The van der Waals surface area contributed by atoms with Crippen LogP contribution in [0.1, 0.15) is 33.6 Å². The fourth-order valence-electron chi connectivity index (χ4n) is 1.56. The van der Waals surface area contributed by atoms with Gasteiger partial charge in [-0.05, 0) is 33.6 Å². The number of carbonyl (C=O) groups is 3. The average Bonchev–Trinajstić information content (AvgIpc) is 2.44. The first kappa shape index (κ1) is 21.6. The average molecular weight is 344 g/mol. The van der Waals surface area contributed by atoms with Crippen LogP contribution < -0.4 is 27.8 Å². The van der Waals surface area contributed by atoms with Crippen LogP contribution in [0.5, 0.6) is 0 Å². The summed E-state index contributed by atoms with van der Waals surface area (Å²) in [7, 11) is 0. The molecule has 0 aromatic heterocycles. The molecule has 0 aromatic rings. The second kappa shape index (κ2) is 10.4. The second-order valence-corrected chi connectivity index (χ2v) is 6.14. The van der Waals surface area contributed by atoms with Crippen LogP contribution in [-0.4, -0.2) is 55.0 Å². The van der Waals surface area contributed by atoms with E-state index in [9.17, 15) is 14.4 Å². The monoisotopic (exact) mass is 344 g/mol. The van der Waals surface area contributed by atoms with Crippen LogP contribution in [0.4, 0.5) is 0 Å². The largest absolute Gasteiger partial charge is 0.459 e. The summed E-state index contributed by atoms with van der Waals surface area (Å²) in [6.45, 7) is 5.00. The number of amides is 2. The highest BCUT2D eigenvalue weighted by Crippen LogP contribution is 2.06. The van der Waals surface area contributed by atoms with E-state index in [2.05, 4.69) is 15.6 Å². The van der Waals surface area contributed by atoms with Crippen molar-refractivity contribution in [2.75, 3.05) is 19.6 Å². The molecule has 2 amide bonds. The van der Waals surface area contributed by atoms with Crippen molar-refractivity contribution < 1.29 is 19.1 Å². The lowest BCUT2D eigenvalue weighted by Gasteiger charge is -2.19. The Labute approximate surface area is 141 Å². The van der Waals surface area contributed by atoms with E-state index in [0.717, 1.165) is 0 Å². The fourth-order valence-corrected chi connectivity index (χ4v) is 1.56. The molecule has 10 heteroatoms. The van der Waals surface area contributed by atoms with E-state index in [0.29, 0.717) is 19.4 Å². The van der Waals surface area contributed by atoms with Crippen LogP contribution in [0.3, 0.4) is 0 Å². The zero-order valence-corrected chi connectivity index (χ0v) is 14.4. The molecule has 10 nitrogen and oxygen atoms in total. The Balaban J connectivity index is 3.94. The molecule has 0 heterocycles. The zero-order chi connectivity index (χ0) is 18.8. The first-order chi connectivity index (χ1) is 11.0. The Morgan fingerprint density at radius 1 is 1.12 bits per heavy atom. The molecule has 138 valence electrons. The molecule has 0 rings (SSSR count). The number of nitrogens with one attached hydrogen (secondary N) is 2. The highest BCUT2D eigenvalue weighted by Gasteiger charge is 2.17. The van der Waals surface area contributed by atoms with E-state index in [1.54, 1.807) is 20.8 Å². The lowest BCUT2D eigenvalue weighted by molar-refractivity contribution is -0.154. The number of guanidine groups is 1. The Morgan fingerprint density at radius 3 is 2.29 bits per heavy atom. The van der Waals surface area contributed by atoms with Gasteiger partial charge in [-0.15, -0.1) is 0 Å². The number of aliphatic imine (C=N–C) groups is 1. The third kappa shape index (κ3) is 12.2. The van der Waals surface area contributed by atoms with Gasteiger partial charge in [0.05, 0.1) is 12.6 Å². The van der Waals surface area contributed by atoms with Gasteiger partial charge in [-0.3, -0.25) is 19.4 Å². The van der Waals surface area contributed by atoms with Crippen LogP contribution >= 0.6 is 0 Å². The Hall–Kier alpha value is -2.36. The van der Waals surface area contributed by atoms with Crippen molar-refractivity contribution >= 4 is 23.7 Å². The van der Waals surface area contributed by atoms with Gasteiger partial charge in [0.15, 0.2) is 5.96 Å². The minimum atomic E-state index is -0.766. The topological polar surface area (TPSA) is 175 Å². The summed E-state index contributed by atoms with van der Waals surface area (Å²) in [5.74, 6) is -1.55. The van der Waals surface area contributed by atoms with Crippen LogP contribution in [0.2, 0.25) is 0 Å². The van der Waals surface area contributed by atoms with Crippen molar-refractivity contribution in [1.29, 1.82) is 0 Å². The molecule has 0 aliphatic rings. The van der Waals surface area contributed by atoms with Crippen LogP contribution in [0.25, 0.3) is 0 Å². The van der Waals surface area contributed by atoms with Gasteiger partial charge >= 0.3 is 5.97 Å². The lowest BCUT2D eigenvalue weighted by Crippen LogP contribution is -2.46. The van der Waals surface area contributed by atoms with Gasteiger partial charge in [0.2, 0.25) is 11.8 Å². The molecule has 0 bridgehead atoms. The van der Waals surface area contributed by atoms with Gasteiger partial charge in [-0.25, -0.2) is 0 Å². The first-order valence-corrected chi connectivity index (χ1v) is 7.58. The van der Waals surface area contributed by atoms with Crippen molar-refractivity contribution in [3.63, 3.8) is 0 Å². The van der Waals surface area contributed by atoms with E-state index in [1.807, 2.05) is 0 Å². The van der Waals surface area contributed by atoms with Crippen LogP contribution in [0.15, 0.2) is 4.99 Å². The number of nitrogens with two attached hydrogens (primary N) is 3. The molecular weight excluding hydrogens is 316 g/mol. The summed E-state index contributed by atoms with van der Waals surface area (Å²) in [4.78, 5) is 38.5. The molecule has 0 radical (unpaired) electrons. The Morgan fingerprint density at radius 2 is 1.75 bits per heavy atom. The molecule has 24 heavy (non-hydrogen) atoms. The number of hydrogen-bond donors (Lipinski definition) is 5. The second-order valence-electron chi connectivity index (χ2n) is 6.14. The number of carbonyl (C=O) groups excluding carboxylic acids is 3. The molecule has 0 saturated heterocycles. The Kier molecular flexibility index (Phi) is 9.40. The molecule has 0 aliphatic heterocycles. The smallest absolute Gasteiger partial charge is 0.325 e. The predicted molar refractivity (Wildman–Crippen MR) is 89.8 cm³/mol. The molecule has 0 saturated carbocycles. The molecular formula is C14H28N6O4. The third-order valence-corrected chi connectivity index (χ3v) is 2.58. The van der Waals surface area contributed by atoms with Crippen molar-refractivity contribution in [3.8, 4) is 0 Å². The molecule has 0 aromatic carbocycles. The molecule has 1 unspecified atom stereocenters. The number of nitrogens with zero attached hydrogens (tertiary/aromatic N) is 1. The van der Waals surface area contributed by atoms with E-state index >= 15 is 0 Å². The Bertz CT molecular complexity index is 468. The van der Waals surface area contributed by atoms with E-state index in [-0.39, 0.29) is 19.0 Å². The number of hydrogen-bond acceptors (Lipinski definition) is 6. The molecule has 0 aliphatic carbocycles. The van der Waals surface area contributed by atoms with Crippen LogP contribution in [0, 0.1) is 0 Å². The van der Waals surface area contributed by atoms with Crippen molar-refractivity contribution in [2.24, 2.45) is 22.2 Å². The van der Waals surface area contributed by atoms with E-state index in [4.69, 9.17) is 21.9 Å². The number of ether oxygens (including phenoxy) is 1. The molecule has 8 N–H and O–H groups in total. The lowest BCUT2D eigenvalue weighted by atomic mass is 10.1. The summed E-state index contributed by atoms with van der Waals surface area (Å²) in [5, 5.41) is 4.74. The highest BCUT2D eigenvalue weighted by atomic mass is 16.6. The van der Waals surface area contributed by atoms with Gasteiger partial charge < -0.3 is 32.6 Å². The maximum atomic E-state index is 11.7. The quantitative estimate of drug-likeness (QED) is 0.138. The zero-order valence-electron chi connectivity index (χ0n) is 14.4. The van der Waals surface area contributed by atoms with Crippen LogP contribution in [-0.2, 0) is 19.1 Å². The SMILES string of the molecule is CC(C)(C)OC(=O)CNC(=O)CNC(=O)C(N)CCCN=C(N)N. The maximum Gasteiger partial charge on any atom is 0.325 e. The standard InChI is InChI=1S/C14H28N6O4/c1-14(2,3)24-11(22)8-19-10(21)7-20-12(23)9(15)5-4-6-18-13(16)17/h9H,4-8,15H2,1-3H3,(H,19,21)(H,20,23)(H4,16,17,18). The summed E-state index contributed by atoms with van der Waals surface area (Å²) in [6, 6.07) is -0.766. The van der Waals surface area contributed by atoms with Crippen molar-refractivity contribution in [3.05, 3.63) is 0 Å². The van der Waals surface area contributed by atoms with Gasteiger partial charge in [0.1, 0.15) is 12.1 Å². The predicted octanol–water partition coefficient (Wildman–Crippen LogP) is -2.06. The van der Waals surface area contributed by atoms with Crippen molar-refractivity contribution in [2.45, 2.75) is 45.3 Å². The third-order valence-electron chi connectivity index (χ3n) is 2.58.